The van der Waals surface area contributed by atoms with Gasteiger partial charge in [-0.3, -0.25) is 9.98 Å². The SMILES string of the molecule is COc1cc(S(=O)(=O)N2CCOCC2)ccc1N=Cc1ccncc1. The molecular weight excluding hydrogens is 342 g/mol. The largest absolute Gasteiger partial charge is 0.494 e. The highest BCUT2D eigenvalue weighted by Gasteiger charge is 2.27. The molecule has 0 unspecified atom stereocenters. The van der Waals surface area contributed by atoms with E-state index in [2.05, 4.69) is 9.98 Å². The summed E-state index contributed by atoms with van der Waals surface area (Å²) in [5.41, 5.74) is 1.45. The molecule has 0 bridgehead atoms. The molecule has 0 radical (unpaired) electrons. The lowest BCUT2D eigenvalue weighted by Crippen LogP contribution is -2.40. The predicted octanol–water partition coefficient (Wildman–Crippen LogP) is 1.86. The van der Waals surface area contributed by atoms with E-state index in [-0.39, 0.29) is 4.90 Å². The third kappa shape index (κ3) is 4.04. The lowest BCUT2D eigenvalue weighted by Gasteiger charge is -2.26. The fourth-order valence-electron chi connectivity index (χ4n) is 2.45. The van der Waals surface area contributed by atoms with Crippen LogP contribution in [0.3, 0.4) is 0 Å². The first-order valence-corrected chi connectivity index (χ1v) is 9.25. The number of morpholine rings is 1. The normalized spacial score (nSPS) is 16.2. The Bertz CT molecular complexity index is 847. The van der Waals surface area contributed by atoms with Crippen LogP contribution in [0.25, 0.3) is 0 Å². The molecule has 1 saturated heterocycles. The minimum Gasteiger partial charge on any atom is -0.494 e. The quantitative estimate of drug-likeness (QED) is 0.760. The summed E-state index contributed by atoms with van der Waals surface area (Å²) in [7, 11) is -2.07. The maximum absolute atomic E-state index is 12.7. The van der Waals surface area contributed by atoms with Gasteiger partial charge in [-0.1, -0.05) is 0 Å². The number of pyridine rings is 1. The molecular formula is C17H19N3O4S. The minimum absolute atomic E-state index is 0.189. The standard InChI is InChI=1S/C17H19N3O4S/c1-23-17-12-15(25(21,22)20-8-10-24-11-9-20)2-3-16(17)19-13-14-4-6-18-7-5-14/h2-7,12-13H,8-11H2,1H3. The molecule has 3 rings (SSSR count). The van der Waals surface area contributed by atoms with Gasteiger partial charge in [0.15, 0.2) is 0 Å². The number of nitrogens with zero attached hydrogens (tertiary/aromatic N) is 3. The van der Waals surface area contributed by atoms with Gasteiger partial charge in [0, 0.05) is 37.8 Å². The third-order valence-electron chi connectivity index (χ3n) is 3.82. The first-order chi connectivity index (χ1) is 12.1. The molecule has 1 aromatic carbocycles. The van der Waals surface area contributed by atoms with Crippen LogP contribution in [-0.4, -0.2) is 57.3 Å². The molecule has 0 spiro atoms. The van der Waals surface area contributed by atoms with E-state index in [9.17, 15) is 8.42 Å². The van der Waals surface area contributed by atoms with Crippen molar-refractivity contribution in [2.75, 3.05) is 33.4 Å². The summed E-state index contributed by atoms with van der Waals surface area (Å²) < 4.78 is 37.4. The van der Waals surface area contributed by atoms with Crippen LogP contribution < -0.4 is 4.74 Å². The van der Waals surface area contributed by atoms with E-state index in [1.165, 1.54) is 17.5 Å². The molecule has 1 fully saturated rings. The first kappa shape index (κ1) is 17.5. The molecule has 1 aliphatic heterocycles. The van der Waals surface area contributed by atoms with E-state index in [4.69, 9.17) is 9.47 Å². The molecule has 2 aromatic rings. The molecule has 0 N–H and O–H groups in total. The lowest BCUT2D eigenvalue weighted by atomic mass is 10.2. The number of ether oxygens (including phenoxy) is 2. The zero-order valence-corrected chi connectivity index (χ0v) is 14.6. The Hall–Kier alpha value is -2.29. The van der Waals surface area contributed by atoms with Gasteiger partial charge in [-0.2, -0.15) is 4.31 Å². The summed E-state index contributed by atoms with van der Waals surface area (Å²) in [4.78, 5) is 8.52. The molecule has 8 heteroatoms. The van der Waals surface area contributed by atoms with E-state index in [0.29, 0.717) is 37.7 Å². The van der Waals surface area contributed by atoms with Gasteiger partial charge in [0.05, 0.1) is 25.2 Å². The number of hydrogen-bond donors (Lipinski definition) is 0. The van der Waals surface area contributed by atoms with Crippen LogP contribution in [0.1, 0.15) is 5.56 Å². The van der Waals surface area contributed by atoms with Crippen molar-refractivity contribution in [3.05, 3.63) is 48.3 Å². The minimum atomic E-state index is -3.57. The van der Waals surface area contributed by atoms with E-state index < -0.39 is 10.0 Å². The zero-order chi connectivity index (χ0) is 17.7. The highest BCUT2D eigenvalue weighted by atomic mass is 32.2. The van der Waals surface area contributed by atoms with Crippen molar-refractivity contribution in [3.8, 4) is 5.75 Å². The van der Waals surface area contributed by atoms with Crippen LogP contribution in [0.15, 0.2) is 52.6 Å². The number of hydrogen-bond acceptors (Lipinski definition) is 6. The van der Waals surface area contributed by atoms with Gasteiger partial charge in [-0.15, -0.1) is 0 Å². The number of benzene rings is 1. The van der Waals surface area contributed by atoms with Crippen molar-refractivity contribution in [2.24, 2.45) is 4.99 Å². The Balaban J connectivity index is 1.88. The van der Waals surface area contributed by atoms with E-state index in [1.54, 1.807) is 30.7 Å². The molecule has 2 heterocycles. The van der Waals surface area contributed by atoms with Crippen molar-refractivity contribution < 1.29 is 17.9 Å². The molecule has 0 atom stereocenters. The molecule has 7 nitrogen and oxygen atoms in total. The number of sulfonamides is 1. The first-order valence-electron chi connectivity index (χ1n) is 7.81. The maximum Gasteiger partial charge on any atom is 0.243 e. The van der Waals surface area contributed by atoms with Crippen molar-refractivity contribution in [3.63, 3.8) is 0 Å². The Kier molecular flexibility index (Phi) is 5.42. The molecule has 1 aromatic heterocycles. The summed E-state index contributed by atoms with van der Waals surface area (Å²) in [5, 5.41) is 0. The van der Waals surface area contributed by atoms with Crippen molar-refractivity contribution in [1.29, 1.82) is 0 Å². The number of aliphatic imine (C=N–C) groups is 1. The smallest absolute Gasteiger partial charge is 0.243 e. The monoisotopic (exact) mass is 361 g/mol. The predicted molar refractivity (Wildman–Crippen MR) is 94.1 cm³/mol. The second-order valence-corrected chi connectivity index (χ2v) is 7.33. The van der Waals surface area contributed by atoms with Gasteiger partial charge in [0.1, 0.15) is 11.4 Å². The second-order valence-electron chi connectivity index (χ2n) is 5.39. The summed E-state index contributed by atoms with van der Waals surface area (Å²) in [6.45, 7) is 1.52. The molecule has 0 aliphatic carbocycles. The molecule has 1 aliphatic rings. The Morgan fingerprint density at radius 2 is 1.92 bits per heavy atom. The summed E-state index contributed by atoms with van der Waals surface area (Å²) >= 11 is 0. The van der Waals surface area contributed by atoms with Gasteiger partial charge in [-0.25, -0.2) is 8.42 Å². The molecule has 0 saturated carbocycles. The van der Waals surface area contributed by atoms with Crippen LogP contribution in [0.4, 0.5) is 5.69 Å². The third-order valence-corrected chi connectivity index (χ3v) is 5.71. The average molecular weight is 361 g/mol. The maximum atomic E-state index is 12.7. The lowest BCUT2D eigenvalue weighted by molar-refractivity contribution is 0.0730. The van der Waals surface area contributed by atoms with Crippen LogP contribution >= 0.6 is 0 Å². The van der Waals surface area contributed by atoms with Crippen LogP contribution in [0.2, 0.25) is 0 Å². The zero-order valence-electron chi connectivity index (χ0n) is 13.8. The molecule has 25 heavy (non-hydrogen) atoms. The summed E-state index contributed by atoms with van der Waals surface area (Å²) in [6, 6.07) is 8.35. The Labute approximate surface area is 147 Å². The van der Waals surface area contributed by atoms with E-state index in [1.807, 2.05) is 12.1 Å². The van der Waals surface area contributed by atoms with E-state index in [0.717, 1.165) is 5.56 Å². The number of methoxy groups -OCH3 is 1. The highest BCUT2D eigenvalue weighted by Crippen LogP contribution is 2.31. The van der Waals surface area contributed by atoms with Crippen LogP contribution in [-0.2, 0) is 14.8 Å². The van der Waals surface area contributed by atoms with Crippen molar-refractivity contribution >= 4 is 21.9 Å². The van der Waals surface area contributed by atoms with E-state index >= 15 is 0 Å². The van der Waals surface area contributed by atoms with Gasteiger partial charge >= 0.3 is 0 Å². The highest BCUT2D eigenvalue weighted by molar-refractivity contribution is 7.89. The van der Waals surface area contributed by atoms with Crippen molar-refractivity contribution in [1.82, 2.24) is 9.29 Å². The topological polar surface area (TPSA) is 81.1 Å². The van der Waals surface area contributed by atoms with Gasteiger partial charge in [-0.05, 0) is 29.8 Å². The van der Waals surface area contributed by atoms with Gasteiger partial charge in [0.25, 0.3) is 0 Å². The fourth-order valence-corrected chi connectivity index (χ4v) is 3.88. The van der Waals surface area contributed by atoms with Crippen LogP contribution in [0, 0.1) is 0 Å². The molecule has 0 amide bonds. The summed E-state index contributed by atoms with van der Waals surface area (Å²) in [5.74, 6) is 0.402. The Morgan fingerprint density at radius 1 is 1.20 bits per heavy atom. The second kappa shape index (κ2) is 7.73. The summed E-state index contributed by atoms with van der Waals surface area (Å²) in [6.07, 6.45) is 5.03. The van der Waals surface area contributed by atoms with Gasteiger partial charge < -0.3 is 9.47 Å². The molecule has 132 valence electrons. The fraction of sp³-hybridized carbons (Fsp3) is 0.294. The van der Waals surface area contributed by atoms with Gasteiger partial charge in [0.2, 0.25) is 10.0 Å². The average Bonchev–Trinajstić information content (AvgIpc) is 2.67. The van der Waals surface area contributed by atoms with Crippen LogP contribution in [0.5, 0.6) is 5.75 Å². The van der Waals surface area contributed by atoms with Crippen molar-refractivity contribution in [2.45, 2.75) is 4.90 Å². The number of rotatable bonds is 5. The Morgan fingerprint density at radius 3 is 2.60 bits per heavy atom. The number of aromatic nitrogens is 1.